The highest BCUT2D eigenvalue weighted by Gasteiger charge is 2.19. The summed E-state index contributed by atoms with van der Waals surface area (Å²) in [5, 5.41) is 3.31. The van der Waals surface area contributed by atoms with Crippen LogP contribution in [-0.2, 0) is 6.54 Å². The van der Waals surface area contributed by atoms with Crippen LogP contribution in [0.3, 0.4) is 0 Å². The summed E-state index contributed by atoms with van der Waals surface area (Å²) in [4.78, 5) is 21.2. The molecule has 0 aliphatic rings. The lowest BCUT2D eigenvalue weighted by Gasteiger charge is -2.27. The van der Waals surface area contributed by atoms with Crippen molar-refractivity contribution in [3.05, 3.63) is 59.9 Å². The summed E-state index contributed by atoms with van der Waals surface area (Å²) in [5.41, 5.74) is 2.60. The third-order valence-corrected chi connectivity index (χ3v) is 3.95. The maximum atomic E-state index is 13.0. The minimum absolute atomic E-state index is 0.00242. The van der Waals surface area contributed by atoms with E-state index < -0.39 is 0 Å². The van der Waals surface area contributed by atoms with E-state index in [1.807, 2.05) is 69.2 Å². The molecule has 1 N–H and O–H groups in total. The zero-order chi connectivity index (χ0) is 18.2. The maximum absolute atomic E-state index is 13.0. The summed E-state index contributed by atoms with van der Waals surface area (Å²) >= 11 is 0. The van der Waals surface area contributed by atoms with Crippen molar-refractivity contribution in [2.24, 2.45) is 0 Å². The van der Waals surface area contributed by atoms with Gasteiger partial charge >= 0.3 is 0 Å². The fourth-order valence-electron chi connectivity index (χ4n) is 2.51. The number of carbonyl (C=O) groups excluding carboxylic acids is 1. The van der Waals surface area contributed by atoms with Crippen molar-refractivity contribution < 1.29 is 4.79 Å². The molecule has 25 heavy (non-hydrogen) atoms. The van der Waals surface area contributed by atoms with Crippen LogP contribution in [0.15, 0.2) is 48.8 Å². The fourth-order valence-corrected chi connectivity index (χ4v) is 2.51. The van der Waals surface area contributed by atoms with Crippen LogP contribution in [0.1, 0.15) is 29.8 Å². The number of nitrogens with one attached hydrogen (secondary N) is 1. The van der Waals surface area contributed by atoms with Gasteiger partial charge in [-0.05, 0) is 39.6 Å². The van der Waals surface area contributed by atoms with Crippen molar-refractivity contribution in [1.29, 1.82) is 0 Å². The van der Waals surface area contributed by atoms with Gasteiger partial charge in [-0.2, -0.15) is 0 Å². The minimum atomic E-state index is 0.00242. The van der Waals surface area contributed by atoms with Gasteiger partial charge in [-0.15, -0.1) is 0 Å². The van der Waals surface area contributed by atoms with E-state index in [9.17, 15) is 4.79 Å². The highest BCUT2D eigenvalue weighted by Crippen LogP contribution is 2.15. The number of carbonyl (C=O) groups is 1. The topological polar surface area (TPSA) is 48.5 Å². The summed E-state index contributed by atoms with van der Waals surface area (Å²) in [6.07, 6.45) is 3.39. The van der Waals surface area contributed by atoms with Gasteiger partial charge in [0.1, 0.15) is 0 Å². The second-order valence-corrected chi connectivity index (χ2v) is 6.70. The van der Waals surface area contributed by atoms with Crippen molar-refractivity contribution >= 4 is 11.6 Å². The lowest BCUT2D eigenvalue weighted by atomic mass is 10.1. The summed E-state index contributed by atoms with van der Waals surface area (Å²) in [7, 11) is 4.06. The van der Waals surface area contributed by atoms with E-state index in [4.69, 9.17) is 0 Å². The van der Waals surface area contributed by atoms with Gasteiger partial charge in [0.15, 0.2) is 0 Å². The molecule has 5 nitrogen and oxygen atoms in total. The Morgan fingerprint density at radius 1 is 1.16 bits per heavy atom. The number of nitrogens with zero attached hydrogens (tertiary/aromatic N) is 3. The Balaban J connectivity index is 2.10. The molecule has 0 aliphatic heterocycles. The lowest BCUT2D eigenvalue weighted by Crippen LogP contribution is -2.36. The zero-order valence-corrected chi connectivity index (χ0v) is 15.6. The highest BCUT2D eigenvalue weighted by atomic mass is 16.2. The van der Waals surface area contributed by atoms with Crippen molar-refractivity contribution in [3.63, 3.8) is 0 Å². The molecule has 0 aliphatic carbocycles. The van der Waals surface area contributed by atoms with Gasteiger partial charge in [0, 0.05) is 38.1 Å². The Kier molecular flexibility index (Phi) is 6.95. The average Bonchev–Trinajstić information content (AvgIpc) is 2.60. The molecule has 0 radical (unpaired) electrons. The van der Waals surface area contributed by atoms with E-state index in [0.717, 1.165) is 24.3 Å². The summed E-state index contributed by atoms with van der Waals surface area (Å²) in [6, 6.07) is 12.0. The quantitative estimate of drug-likeness (QED) is 0.802. The molecule has 5 heteroatoms. The average molecular weight is 340 g/mol. The summed E-state index contributed by atoms with van der Waals surface area (Å²) < 4.78 is 0. The molecule has 0 saturated heterocycles. The number of anilines is 1. The van der Waals surface area contributed by atoms with E-state index in [1.165, 1.54) is 0 Å². The van der Waals surface area contributed by atoms with E-state index in [2.05, 4.69) is 15.2 Å². The third-order valence-electron chi connectivity index (χ3n) is 3.95. The first-order valence-electron chi connectivity index (χ1n) is 8.66. The van der Waals surface area contributed by atoms with Crippen LogP contribution in [0, 0.1) is 0 Å². The van der Waals surface area contributed by atoms with Gasteiger partial charge in [0.05, 0.1) is 11.3 Å². The predicted octanol–water partition coefficient (Wildman–Crippen LogP) is 3.11. The van der Waals surface area contributed by atoms with Crippen LogP contribution in [-0.4, -0.2) is 53.9 Å². The number of pyridine rings is 1. The normalized spacial score (nSPS) is 11.0. The Bertz CT molecular complexity index is 670. The van der Waals surface area contributed by atoms with Crippen LogP contribution in [0.4, 0.5) is 5.69 Å². The van der Waals surface area contributed by atoms with Crippen molar-refractivity contribution in [1.82, 2.24) is 14.8 Å². The molecule has 1 aromatic heterocycles. The van der Waals surface area contributed by atoms with Gasteiger partial charge in [0.2, 0.25) is 0 Å². The van der Waals surface area contributed by atoms with Crippen LogP contribution in [0.2, 0.25) is 0 Å². The molecule has 2 rings (SSSR count). The number of amides is 1. The van der Waals surface area contributed by atoms with Crippen LogP contribution < -0.4 is 5.32 Å². The molecule has 0 saturated carbocycles. The van der Waals surface area contributed by atoms with Crippen molar-refractivity contribution in [2.45, 2.75) is 26.4 Å². The second kappa shape index (κ2) is 9.18. The lowest BCUT2D eigenvalue weighted by molar-refractivity contribution is 0.0690. The van der Waals surface area contributed by atoms with Crippen LogP contribution >= 0.6 is 0 Å². The minimum Gasteiger partial charge on any atom is -0.382 e. The second-order valence-electron chi connectivity index (χ2n) is 6.70. The molecule has 1 heterocycles. The molecule has 0 unspecified atom stereocenters. The Morgan fingerprint density at radius 3 is 2.52 bits per heavy atom. The number of hydrogen-bond donors (Lipinski definition) is 1. The monoisotopic (exact) mass is 340 g/mol. The maximum Gasteiger partial charge on any atom is 0.256 e. The molecule has 0 bridgehead atoms. The molecule has 0 atom stereocenters. The first kappa shape index (κ1) is 18.9. The zero-order valence-electron chi connectivity index (χ0n) is 15.6. The van der Waals surface area contributed by atoms with Gasteiger partial charge in [-0.25, -0.2) is 0 Å². The van der Waals surface area contributed by atoms with E-state index >= 15 is 0 Å². The Hall–Kier alpha value is -2.40. The first-order chi connectivity index (χ1) is 12.0. The molecule has 1 aromatic carbocycles. The van der Waals surface area contributed by atoms with Crippen molar-refractivity contribution in [2.75, 3.05) is 32.5 Å². The molecule has 0 fully saturated rings. The molecular weight excluding hydrogens is 312 g/mol. The summed E-state index contributed by atoms with van der Waals surface area (Å²) in [6.45, 7) is 6.39. The predicted molar refractivity (Wildman–Crippen MR) is 103 cm³/mol. The fraction of sp³-hybridized carbons (Fsp3) is 0.400. The first-order valence-corrected chi connectivity index (χ1v) is 8.66. The van der Waals surface area contributed by atoms with Crippen LogP contribution in [0.25, 0.3) is 0 Å². The van der Waals surface area contributed by atoms with Gasteiger partial charge in [0.25, 0.3) is 5.91 Å². The molecular formula is C20H28N4O. The number of likely N-dealkylation sites (N-methyl/N-ethyl adjacent to an activating group) is 1. The Morgan fingerprint density at radius 2 is 1.88 bits per heavy atom. The summed E-state index contributed by atoms with van der Waals surface area (Å²) in [5.74, 6) is 0.00242. The van der Waals surface area contributed by atoms with E-state index in [-0.39, 0.29) is 11.9 Å². The highest BCUT2D eigenvalue weighted by molar-refractivity contribution is 5.94. The Labute approximate surface area is 150 Å². The molecule has 0 spiro atoms. The largest absolute Gasteiger partial charge is 0.382 e. The van der Waals surface area contributed by atoms with E-state index in [1.54, 1.807) is 12.4 Å². The van der Waals surface area contributed by atoms with Gasteiger partial charge in [-0.3, -0.25) is 9.78 Å². The van der Waals surface area contributed by atoms with Gasteiger partial charge in [-0.1, -0.05) is 30.3 Å². The third kappa shape index (κ3) is 5.87. The standard InChI is InChI=1S/C20H28N4O/c1-16(2)24(15-17-8-6-5-7-9-17)20(25)18-12-19(14-21-13-18)22-10-11-23(3)4/h5-9,12-14,16,22H,10-11,15H2,1-4H3. The number of rotatable bonds is 8. The van der Waals surface area contributed by atoms with Crippen molar-refractivity contribution in [3.8, 4) is 0 Å². The molecule has 134 valence electrons. The number of hydrogen-bond acceptors (Lipinski definition) is 4. The SMILES string of the molecule is CC(C)N(Cc1ccccc1)C(=O)c1cncc(NCCN(C)C)c1. The van der Waals surface area contributed by atoms with Crippen LogP contribution in [0.5, 0.6) is 0 Å². The van der Waals surface area contributed by atoms with E-state index in [0.29, 0.717) is 12.1 Å². The molecule has 1 amide bonds. The smallest absolute Gasteiger partial charge is 0.256 e. The molecule has 2 aromatic rings. The number of benzene rings is 1. The van der Waals surface area contributed by atoms with Gasteiger partial charge < -0.3 is 15.1 Å². The number of aromatic nitrogens is 1.